The number of halogens is 1. The van der Waals surface area contributed by atoms with E-state index in [9.17, 15) is 4.79 Å². The maximum atomic E-state index is 12.9. The number of hydrogen-bond donors (Lipinski definition) is 1. The van der Waals surface area contributed by atoms with Gasteiger partial charge < -0.3 is 19.7 Å². The topological polar surface area (TPSA) is 50.8 Å². The third kappa shape index (κ3) is 4.73. The third-order valence-corrected chi connectivity index (χ3v) is 4.81. The molecule has 146 valence electrons. The lowest BCUT2D eigenvalue weighted by Gasteiger charge is -2.37. The third-order valence-electron chi connectivity index (χ3n) is 4.81. The molecule has 27 heavy (non-hydrogen) atoms. The van der Waals surface area contributed by atoms with Crippen molar-refractivity contribution in [1.29, 1.82) is 0 Å². The Bertz CT molecular complexity index is 762. The predicted molar refractivity (Wildman–Crippen MR) is 109 cm³/mol. The van der Waals surface area contributed by atoms with Crippen LogP contribution >= 0.6 is 12.4 Å². The van der Waals surface area contributed by atoms with Crippen molar-refractivity contribution in [3.63, 3.8) is 0 Å². The number of nitrogens with zero attached hydrogens (tertiary/aromatic N) is 1. The van der Waals surface area contributed by atoms with Gasteiger partial charge in [0, 0.05) is 25.2 Å². The maximum absolute atomic E-state index is 12.9. The zero-order chi connectivity index (χ0) is 18.5. The van der Waals surface area contributed by atoms with Crippen molar-refractivity contribution < 1.29 is 14.3 Å². The number of nitrogens with one attached hydrogen (secondary N) is 1. The van der Waals surface area contributed by atoms with Crippen LogP contribution in [-0.4, -0.2) is 44.2 Å². The van der Waals surface area contributed by atoms with E-state index >= 15 is 0 Å². The normalized spacial score (nSPS) is 16.4. The first kappa shape index (κ1) is 21.1. The van der Waals surface area contributed by atoms with Crippen LogP contribution in [0.15, 0.2) is 42.5 Å². The van der Waals surface area contributed by atoms with Crippen LogP contribution in [0.2, 0.25) is 0 Å². The van der Waals surface area contributed by atoms with Gasteiger partial charge in [-0.1, -0.05) is 36.4 Å². The van der Waals surface area contributed by atoms with Crippen molar-refractivity contribution in [2.24, 2.45) is 0 Å². The van der Waals surface area contributed by atoms with E-state index in [2.05, 4.69) is 5.32 Å². The Morgan fingerprint density at radius 3 is 2.56 bits per heavy atom. The second kappa shape index (κ2) is 9.62. The molecule has 0 saturated carbocycles. The van der Waals surface area contributed by atoms with Crippen molar-refractivity contribution in [2.45, 2.75) is 19.9 Å². The fraction of sp³-hybridized carbons (Fsp3) is 0.381. The molecule has 1 atom stereocenters. The van der Waals surface area contributed by atoms with Crippen molar-refractivity contribution in [1.82, 2.24) is 10.2 Å². The van der Waals surface area contributed by atoms with Gasteiger partial charge >= 0.3 is 0 Å². The number of piperazine rings is 1. The molecule has 5 nitrogen and oxygen atoms in total. The lowest BCUT2D eigenvalue weighted by molar-refractivity contribution is -0.136. The van der Waals surface area contributed by atoms with E-state index in [-0.39, 0.29) is 31.0 Å². The molecule has 0 aliphatic carbocycles. The Hall–Kier alpha value is -2.24. The minimum atomic E-state index is -0.0611. The van der Waals surface area contributed by atoms with E-state index in [0.29, 0.717) is 13.1 Å². The molecule has 1 amide bonds. The second-order valence-electron chi connectivity index (χ2n) is 6.56. The highest BCUT2D eigenvalue weighted by molar-refractivity contribution is 5.85. The quantitative estimate of drug-likeness (QED) is 0.851. The van der Waals surface area contributed by atoms with E-state index < -0.39 is 0 Å². The van der Waals surface area contributed by atoms with Crippen molar-refractivity contribution in [3.05, 3.63) is 59.2 Å². The van der Waals surface area contributed by atoms with E-state index in [1.54, 1.807) is 7.11 Å². The number of aryl methyl sites for hydroxylation is 2. The molecule has 1 unspecified atom stereocenters. The highest BCUT2D eigenvalue weighted by Gasteiger charge is 2.30. The lowest BCUT2D eigenvalue weighted by Crippen LogP contribution is -2.50. The Labute approximate surface area is 167 Å². The first-order chi connectivity index (χ1) is 12.6. The fourth-order valence-corrected chi connectivity index (χ4v) is 3.47. The summed E-state index contributed by atoms with van der Waals surface area (Å²) in [5, 5.41) is 3.37. The van der Waals surface area contributed by atoms with Crippen LogP contribution < -0.4 is 14.8 Å². The number of amides is 1. The second-order valence-corrected chi connectivity index (χ2v) is 6.56. The summed E-state index contributed by atoms with van der Waals surface area (Å²) in [7, 11) is 1.66. The Morgan fingerprint density at radius 1 is 1.15 bits per heavy atom. The Morgan fingerprint density at radius 2 is 1.85 bits per heavy atom. The maximum Gasteiger partial charge on any atom is 0.261 e. The molecular formula is C21H27ClN2O3. The molecule has 0 radical (unpaired) electrons. The summed E-state index contributed by atoms with van der Waals surface area (Å²) in [5.41, 5.74) is 3.10. The van der Waals surface area contributed by atoms with Gasteiger partial charge in [0.2, 0.25) is 0 Å². The molecule has 1 aliphatic heterocycles. The number of ether oxygens (including phenoxy) is 2. The van der Waals surface area contributed by atoms with Crippen LogP contribution in [0.4, 0.5) is 0 Å². The number of carbonyl (C=O) groups is 1. The molecule has 1 N–H and O–H groups in total. The average molecular weight is 391 g/mol. The van der Waals surface area contributed by atoms with E-state index in [1.807, 2.05) is 61.2 Å². The first-order valence-electron chi connectivity index (χ1n) is 8.94. The van der Waals surface area contributed by atoms with Gasteiger partial charge in [0.1, 0.15) is 11.5 Å². The SMILES string of the molecule is COc1ccccc1C1CNCCN1C(=O)COc1c(C)cccc1C.Cl. The smallest absolute Gasteiger partial charge is 0.261 e. The van der Waals surface area contributed by atoms with E-state index in [1.165, 1.54) is 0 Å². The van der Waals surface area contributed by atoms with Crippen LogP contribution in [-0.2, 0) is 4.79 Å². The summed E-state index contributed by atoms with van der Waals surface area (Å²) < 4.78 is 11.4. The van der Waals surface area contributed by atoms with Crippen molar-refractivity contribution in [2.75, 3.05) is 33.4 Å². The van der Waals surface area contributed by atoms with Gasteiger partial charge in [-0.25, -0.2) is 0 Å². The Balaban J connectivity index is 0.00000261. The zero-order valence-electron chi connectivity index (χ0n) is 16.0. The molecule has 0 aromatic heterocycles. The summed E-state index contributed by atoms with van der Waals surface area (Å²) in [6.45, 7) is 6.16. The lowest BCUT2D eigenvalue weighted by atomic mass is 10.0. The number of benzene rings is 2. The summed E-state index contributed by atoms with van der Waals surface area (Å²) in [4.78, 5) is 14.8. The minimum Gasteiger partial charge on any atom is -0.496 e. The van der Waals surface area contributed by atoms with Crippen LogP contribution in [0.3, 0.4) is 0 Å². The molecule has 6 heteroatoms. The summed E-state index contributed by atoms with van der Waals surface area (Å²) in [5.74, 6) is 1.59. The molecule has 2 aromatic carbocycles. The summed E-state index contributed by atoms with van der Waals surface area (Å²) >= 11 is 0. The van der Waals surface area contributed by atoms with Crippen LogP contribution in [0, 0.1) is 13.8 Å². The Kier molecular flexibility index (Phi) is 7.51. The van der Waals surface area contributed by atoms with Gasteiger partial charge in [0.15, 0.2) is 6.61 Å². The van der Waals surface area contributed by atoms with Crippen LogP contribution in [0.5, 0.6) is 11.5 Å². The highest BCUT2D eigenvalue weighted by atomic mass is 35.5. The van der Waals surface area contributed by atoms with Gasteiger partial charge in [-0.05, 0) is 31.0 Å². The van der Waals surface area contributed by atoms with E-state index in [0.717, 1.165) is 34.7 Å². The monoisotopic (exact) mass is 390 g/mol. The summed E-state index contributed by atoms with van der Waals surface area (Å²) in [6, 6.07) is 13.8. The van der Waals surface area contributed by atoms with Crippen LogP contribution in [0.1, 0.15) is 22.7 Å². The predicted octanol–water partition coefficient (Wildman–Crippen LogP) is 3.29. The van der Waals surface area contributed by atoms with Crippen molar-refractivity contribution >= 4 is 18.3 Å². The van der Waals surface area contributed by atoms with Gasteiger partial charge in [0.25, 0.3) is 5.91 Å². The minimum absolute atomic E-state index is 0. The molecular weight excluding hydrogens is 364 g/mol. The molecule has 1 fully saturated rings. The molecule has 1 heterocycles. The van der Waals surface area contributed by atoms with E-state index in [4.69, 9.17) is 9.47 Å². The molecule has 1 aliphatic rings. The standard InChI is InChI=1S/C21H26N2O3.ClH/c1-15-7-6-8-16(2)21(15)26-14-20(24)23-12-11-22-13-18(23)17-9-4-5-10-19(17)25-3;/h4-10,18,22H,11-14H2,1-3H3;1H. The fourth-order valence-electron chi connectivity index (χ4n) is 3.47. The zero-order valence-corrected chi connectivity index (χ0v) is 16.8. The average Bonchev–Trinajstić information content (AvgIpc) is 2.67. The number of para-hydroxylation sites is 2. The molecule has 2 aromatic rings. The molecule has 3 rings (SSSR count). The number of carbonyl (C=O) groups excluding carboxylic acids is 1. The van der Waals surface area contributed by atoms with Gasteiger partial charge in [-0.15, -0.1) is 12.4 Å². The summed E-state index contributed by atoms with van der Waals surface area (Å²) in [6.07, 6.45) is 0. The highest BCUT2D eigenvalue weighted by Crippen LogP contribution is 2.30. The number of rotatable bonds is 5. The van der Waals surface area contributed by atoms with Gasteiger partial charge in [-0.2, -0.15) is 0 Å². The molecule has 1 saturated heterocycles. The number of methoxy groups -OCH3 is 1. The molecule has 0 bridgehead atoms. The largest absolute Gasteiger partial charge is 0.496 e. The number of hydrogen-bond acceptors (Lipinski definition) is 4. The van der Waals surface area contributed by atoms with Gasteiger partial charge in [-0.3, -0.25) is 4.79 Å². The van der Waals surface area contributed by atoms with Crippen molar-refractivity contribution in [3.8, 4) is 11.5 Å². The first-order valence-corrected chi connectivity index (χ1v) is 8.94. The molecule has 0 spiro atoms. The van der Waals surface area contributed by atoms with Gasteiger partial charge in [0.05, 0.1) is 13.2 Å². The van der Waals surface area contributed by atoms with Crippen LogP contribution in [0.25, 0.3) is 0 Å².